The Kier molecular flexibility index (Phi) is 15.3. The zero-order valence-corrected chi connectivity index (χ0v) is 15.5. The molecule has 2 heteroatoms. The first-order chi connectivity index (χ1) is 10.4. The first kappa shape index (κ1) is 23.0. The molecule has 0 aromatic heterocycles. The molecule has 0 saturated carbocycles. The van der Waals surface area contributed by atoms with Gasteiger partial charge < -0.3 is 4.74 Å². The molecule has 128 valence electrons. The highest BCUT2D eigenvalue weighted by Crippen LogP contribution is 2.18. The van der Waals surface area contributed by atoms with Crippen LogP contribution in [-0.4, -0.2) is 11.6 Å². The molecule has 0 aliphatic heterocycles. The lowest BCUT2D eigenvalue weighted by atomic mass is 9.98. The first-order valence-electron chi connectivity index (χ1n) is 8.55. The number of carbonyl (C=O) groups excluding carboxylic acids is 1. The summed E-state index contributed by atoms with van der Waals surface area (Å²) in [6.45, 7) is 15.6. The molecule has 22 heavy (non-hydrogen) atoms. The molecule has 0 bridgehead atoms. The zero-order chi connectivity index (χ0) is 17.4. The second-order valence-corrected chi connectivity index (χ2v) is 5.64. The van der Waals surface area contributed by atoms with E-state index in [-0.39, 0.29) is 5.97 Å². The molecule has 0 heterocycles. The van der Waals surface area contributed by atoms with Gasteiger partial charge in [-0.3, -0.25) is 4.79 Å². The lowest BCUT2D eigenvalue weighted by molar-refractivity contribution is -0.155. The molecule has 0 aromatic carbocycles. The number of hydrogen-bond acceptors (Lipinski definition) is 2. The van der Waals surface area contributed by atoms with Gasteiger partial charge in [0.05, 0.1) is 0 Å². The standard InChI is InChI=1S/C18H30O2.C2H6/c1-6-9-13-16(7-2)14-11-10-12-15-18(4,5)20-17(19)8-3;1-2/h6-7,9-10,12,16H,2,8,11,13-15H2,1,3-5H3;1-2H3/b9-6-,12-10+;. The van der Waals surface area contributed by atoms with E-state index in [1.54, 1.807) is 0 Å². The highest BCUT2D eigenvalue weighted by Gasteiger charge is 2.20. The lowest BCUT2D eigenvalue weighted by Crippen LogP contribution is -2.26. The van der Waals surface area contributed by atoms with Crippen molar-refractivity contribution >= 4 is 5.97 Å². The molecule has 0 aromatic rings. The summed E-state index contributed by atoms with van der Waals surface area (Å²) in [6.07, 6.45) is 15.0. The minimum Gasteiger partial charge on any atom is -0.459 e. The van der Waals surface area contributed by atoms with Gasteiger partial charge in [-0.25, -0.2) is 0 Å². The van der Waals surface area contributed by atoms with Crippen molar-refractivity contribution in [3.05, 3.63) is 37.0 Å². The van der Waals surface area contributed by atoms with E-state index in [0.717, 1.165) is 25.7 Å². The van der Waals surface area contributed by atoms with Crippen molar-refractivity contribution in [3.63, 3.8) is 0 Å². The first-order valence-corrected chi connectivity index (χ1v) is 8.55. The zero-order valence-electron chi connectivity index (χ0n) is 15.5. The normalized spacial score (nSPS) is 12.8. The van der Waals surface area contributed by atoms with E-state index in [9.17, 15) is 4.79 Å². The second-order valence-electron chi connectivity index (χ2n) is 5.64. The lowest BCUT2D eigenvalue weighted by Gasteiger charge is -2.23. The van der Waals surface area contributed by atoms with Crippen molar-refractivity contribution in [2.75, 3.05) is 0 Å². The summed E-state index contributed by atoms with van der Waals surface area (Å²) in [5.41, 5.74) is -0.410. The summed E-state index contributed by atoms with van der Waals surface area (Å²) in [5, 5.41) is 0. The van der Waals surface area contributed by atoms with Crippen LogP contribution in [0.15, 0.2) is 37.0 Å². The smallest absolute Gasteiger partial charge is 0.306 e. The third kappa shape index (κ3) is 13.7. The fourth-order valence-corrected chi connectivity index (χ4v) is 1.86. The maximum absolute atomic E-state index is 11.3. The molecule has 1 atom stereocenters. The second kappa shape index (κ2) is 14.6. The van der Waals surface area contributed by atoms with Crippen molar-refractivity contribution in [2.45, 2.75) is 79.2 Å². The number of carbonyl (C=O) groups is 1. The van der Waals surface area contributed by atoms with E-state index in [0.29, 0.717) is 12.3 Å². The van der Waals surface area contributed by atoms with Crippen LogP contribution >= 0.6 is 0 Å². The summed E-state index contributed by atoms with van der Waals surface area (Å²) in [6, 6.07) is 0. The number of allylic oxidation sites excluding steroid dienone is 4. The van der Waals surface area contributed by atoms with E-state index < -0.39 is 5.60 Å². The molecule has 0 N–H and O–H groups in total. The van der Waals surface area contributed by atoms with Gasteiger partial charge >= 0.3 is 5.97 Å². The Balaban J connectivity index is 0. The molecule has 0 spiro atoms. The summed E-state index contributed by atoms with van der Waals surface area (Å²) >= 11 is 0. The molecule has 0 saturated heterocycles. The van der Waals surface area contributed by atoms with Gasteiger partial charge in [-0.05, 0) is 46.0 Å². The molecule has 0 aliphatic carbocycles. The van der Waals surface area contributed by atoms with Crippen molar-refractivity contribution < 1.29 is 9.53 Å². The van der Waals surface area contributed by atoms with Gasteiger partial charge in [0, 0.05) is 12.8 Å². The molecule has 0 radical (unpaired) electrons. The Hall–Kier alpha value is -1.31. The molecule has 1 unspecified atom stereocenters. The van der Waals surface area contributed by atoms with Gasteiger partial charge in [0.25, 0.3) is 0 Å². The van der Waals surface area contributed by atoms with Crippen LogP contribution in [0, 0.1) is 5.92 Å². The van der Waals surface area contributed by atoms with Gasteiger partial charge in [-0.15, -0.1) is 6.58 Å². The Morgan fingerprint density at radius 3 is 2.36 bits per heavy atom. The van der Waals surface area contributed by atoms with Gasteiger partial charge in [0.2, 0.25) is 0 Å². The van der Waals surface area contributed by atoms with Crippen molar-refractivity contribution in [3.8, 4) is 0 Å². The maximum atomic E-state index is 11.3. The van der Waals surface area contributed by atoms with Crippen LogP contribution in [0.1, 0.15) is 73.6 Å². The molecule has 0 amide bonds. The monoisotopic (exact) mass is 308 g/mol. The van der Waals surface area contributed by atoms with E-state index in [1.165, 1.54) is 0 Å². The topological polar surface area (TPSA) is 26.3 Å². The summed E-state index contributed by atoms with van der Waals surface area (Å²) in [7, 11) is 0. The molecular weight excluding hydrogens is 272 g/mol. The van der Waals surface area contributed by atoms with E-state index in [1.807, 2.05) is 47.6 Å². The predicted molar refractivity (Wildman–Crippen MR) is 97.9 cm³/mol. The molecule has 0 aliphatic rings. The number of ether oxygens (including phenoxy) is 1. The highest BCUT2D eigenvalue weighted by molar-refractivity contribution is 5.69. The molecule has 0 rings (SSSR count). The summed E-state index contributed by atoms with van der Waals surface area (Å²) < 4.78 is 5.37. The van der Waals surface area contributed by atoms with Crippen LogP contribution in [0.3, 0.4) is 0 Å². The molecule has 0 fully saturated rings. The SMILES string of the molecule is C=CC(C/C=C\C)CC/C=C/CC(C)(C)OC(=O)CC.CC. The van der Waals surface area contributed by atoms with Crippen LogP contribution in [0.2, 0.25) is 0 Å². The molecular formula is C20H36O2. The Bertz CT molecular complexity index is 338. The third-order valence-electron chi connectivity index (χ3n) is 3.17. The average Bonchev–Trinajstić information content (AvgIpc) is 2.51. The molecule has 2 nitrogen and oxygen atoms in total. The minimum absolute atomic E-state index is 0.138. The Morgan fingerprint density at radius 2 is 1.86 bits per heavy atom. The largest absolute Gasteiger partial charge is 0.459 e. The van der Waals surface area contributed by atoms with Gasteiger partial charge in [0.1, 0.15) is 5.60 Å². The van der Waals surface area contributed by atoms with Gasteiger partial charge in [-0.2, -0.15) is 0 Å². The number of hydrogen-bond donors (Lipinski definition) is 0. The number of esters is 1. The fraction of sp³-hybridized carbons (Fsp3) is 0.650. The van der Waals surface area contributed by atoms with Crippen LogP contribution < -0.4 is 0 Å². The van der Waals surface area contributed by atoms with Crippen LogP contribution in [0.4, 0.5) is 0 Å². The van der Waals surface area contributed by atoms with Crippen molar-refractivity contribution in [2.24, 2.45) is 5.92 Å². The predicted octanol–water partition coefficient (Wildman–Crippen LogP) is 6.24. The van der Waals surface area contributed by atoms with Crippen LogP contribution in [-0.2, 0) is 9.53 Å². The highest BCUT2D eigenvalue weighted by atomic mass is 16.6. The van der Waals surface area contributed by atoms with Crippen molar-refractivity contribution in [1.29, 1.82) is 0 Å². The fourth-order valence-electron chi connectivity index (χ4n) is 1.86. The van der Waals surface area contributed by atoms with Crippen molar-refractivity contribution in [1.82, 2.24) is 0 Å². The van der Waals surface area contributed by atoms with Gasteiger partial charge in [0.15, 0.2) is 0 Å². The maximum Gasteiger partial charge on any atom is 0.306 e. The average molecular weight is 309 g/mol. The van der Waals surface area contributed by atoms with E-state index in [2.05, 4.69) is 30.9 Å². The summed E-state index contributed by atoms with van der Waals surface area (Å²) in [5.74, 6) is 0.406. The number of rotatable bonds is 10. The van der Waals surface area contributed by atoms with E-state index in [4.69, 9.17) is 4.74 Å². The Labute approximate surface area is 138 Å². The van der Waals surface area contributed by atoms with Crippen LogP contribution in [0.5, 0.6) is 0 Å². The summed E-state index contributed by atoms with van der Waals surface area (Å²) in [4.78, 5) is 11.3. The van der Waals surface area contributed by atoms with Gasteiger partial charge in [-0.1, -0.05) is 51.2 Å². The quantitative estimate of drug-likeness (QED) is 0.353. The van der Waals surface area contributed by atoms with E-state index >= 15 is 0 Å². The van der Waals surface area contributed by atoms with Crippen LogP contribution in [0.25, 0.3) is 0 Å². The minimum atomic E-state index is -0.410. The third-order valence-corrected chi connectivity index (χ3v) is 3.17. The Morgan fingerprint density at radius 1 is 1.23 bits per heavy atom.